The Kier molecular flexibility index (Phi) is 7.59. The number of carbonyl (C=O) groups excluding carboxylic acids is 1. The molecular formula is C20H22F3NO2S. The van der Waals surface area contributed by atoms with Gasteiger partial charge in [0.2, 0.25) is 5.91 Å². The maximum atomic E-state index is 12.1. The third-order valence-corrected chi connectivity index (χ3v) is 4.98. The first-order valence-corrected chi connectivity index (χ1v) is 9.68. The number of rotatable bonds is 8. The van der Waals surface area contributed by atoms with Crippen LogP contribution in [0.5, 0.6) is 5.75 Å². The van der Waals surface area contributed by atoms with Crippen LogP contribution in [0.4, 0.5) is 18.9 Å². The maximum absolute atomic E-state index is 12.1. The second-order valence-corrected chi connectivity index (χ2v) is 7.27. The van der Waals surface area contributed by atoms with Crippen molar-refractivity contribution in [3.8, 4) is 5.75 Å². The van der Waals surface area contributed by atoms with Gasteiger partial charge in [0.05, 0.1) is 0 Å². The lowest BCUT2D eigenvalue weighted by Crippen LogP contribution is -2.16. The van der Waals surface area contributed by atoms with Gasteiger partial charge in [0.25, 0.3) is 0 Å². The molecule has 0 heterocycles. The summed E-state index contributed by atoms with van der Waals surface area (Å²) in [4.78, 5) is 12.1. The summed E-state index contributed by atoms with van der Waals surface area (Å²) in [5.74, 6) is 1.23. The third-order valence-electron chi connectivity index (χ3n) is 3.86. The number of hydrogen-bond donors (Lipinski definition) is 1. The van der Waals surface area contributed by atoms with Crippen molar-refractivity contribution in [3.63, 3.8) is 0 Å². The maximum Gasteiger partial charge on any atom is 0.573 e. The molecule has 1 amide bonds. The molecule has 0 aromatic heterocycles. The van der Waals surface area contributed by atoms with Gasteiger partial charge < -0.3 is 10.1 Å². The van der Waals surface area contributed by atoms with Crippen molar-refractivity contribution in [1.29, 1.82) is 0 Å². The molecule has 2 rings (SSSR count). The summed E-state index contributed by atoms with van der Waals surface area (Å²) in [6.07, 6.45) is -3.51. The second kappa shape index (κ2) is 9.69. The SMILES string of the molecule is Cc1cccc(C)c1NC(=O)CCCSCc1ccc(OC(F)(F)F)cc1. The van der Waals surface area contributed by atoms with Crippen LogP contribution in [0, 0.1) is 13.8 Å². The summed E-state index contributed by atoms with van der Waals surface area (Å²) >= 11 is 1.64. The molecule has 27 heavy (non-hydrogen) atoms. The average molecular weight is 397 g/mol. The van der Waals surface area contributed by atoms with E-state index in [1.165, 1.54) is 12.1 Å². The van der Waals surface area contributed by atoms with E-state index < -0.39 is 6.36 Å². The molecule has 0 spiro atoms. The van der Waals surface area contributed by atoms with Crippen molar-refractivity contribution in [1.82, 2.24) is 0 Å². The van der Waals surface area contributed by atoms with Crippen LogP contribution in [0.25, 0.3) is 0 Å². The largest absolute Gasteiger partial charge is 0.573 e. The van der Waals surface area contributed by atoms with E-state index in [1.807, 2.05) is 32.0 Å². The number of amides is 1. The Bertz CT molecular complexity index is 741. The predicted octanol–water partition coefficient (Wildman–Crippen LogP) is 5.85. The molecule has 0 bridgehead atoms. The van der Waals surface area contributed by atoms with Crippen molar-refractivity contribution in [2.75, 3.05) is 11.1 Å². The van der Waals surface area contributed by atoms with E-state index in [0.717, 1.165) is 34.6 Å². The highest BCUT2D eigenvalue weighted by molar-refractivity contribution is 7.98. The van der Waals surface area contributed by atoms with Gasteiger partial charge >= 0.3 is 6.36 Å². The zero-order valence-electron chi connectivity index (χ0n) is 15.2. The van der Waals surface area contributed by atoms with Crippen LogP contribution in [0.2, 0.25) is 0 Å². The van der Waals surface area contributed by atoms with E-state index >= 15 is 0 Å². The van der Waals surface area contributed by atoms with Gasteiger partial charge in [-0.3, -0.25) is 4.79 Å². The van der Waals surface area contributed by atoms with Gasteiger partial charge in [-0.05, 0) is 54.8 Å². The van der Waals surface area contributed by atoms with Crippen molar-refractivity contribution in [3.05, 3.63) is 59.2 Å². The number of halogens is 3. The molecule has 0 aliphatic heterocycles. The second-order valence-electron chi connectivity index (χ2n) is 6.16. The van der Waals surface area contributed by atoms with E-state index in [0.29, 0.717) is 12.2 Å². The van der Waals surface area contributed by atoms with Crippen molar-refractivity contribution >= 4 is 23.4 Å². The van der Waals surface area contributed by atoms with E-state index in [9.17, 15) is 18.0 Å². The van der Waals surface area contributed by atoms with Gasteiger partial charge in [-0.25, -0.2) is 0 Å². The number of benzene rings is 2. The Balaban J connectivity index is 1.67. The highest BCUT2D eigenvalue weighted by Gasteiger charge is 2.30. The number of carbonyl (C=O) groups is 1. The van der Waals surface area contributed by atoms with Crippen LogP contribution in [-0.2, 0) is 10.5 Å². The van der Waals surface area contributed by atoms with Gasteiger partial charge in [-0.2, -0.15) is 11.8 Å². The molecule has 0 unspecified atom stereocenters. The Morgan fingerprint density at radius 2 is 1.70 bits per heavy atom. The molecule has 0 saturated heterocycles. The lowest BCUT2D eigenvalue weighted by molar-refractivity contribution is -0.274. The van der Waals surface area contributed by atoms with E-state index in [1.54, 1.807) is 23.9 Å². The number of anilines is 1. The molecule has 0 aliphatic rings. The van der Waals surface area contributed by atoms with E-state index in [2.05, 4.69) is 10.1 Å². The number of ether oxygens (including phenoxy) is 1. The normalized spacial score (nSPS) is 11.3. The smallest absolute Gasteiger partial charge is 0.406 e. The summed E-state index contributed by atoms with van der Waals surface area (Å²) in [6, 6.07) is 11.7. The van der Waals surface area contributed by atoms with Crippen molar-refractivity contribution in [2.24, 2.45) is 0 Å². The summed E-state index contributed by atoms with van der Waals surface area (Å²) < 4.78 is 40.2. The molecule has 0 aliphatic carbocycles. The van der Waals surface area contributed by atoms with Crippen LogP contribution >= 0.6 is 11.8 Å². The Labute approximate surface area is 161 Å². The third kappa shape index (κ3) is 7.54. The summed E-state index contributed by atoms with van der Waals surface area (Å²) in [5.41, 5.74) is 3.86. The number of aryl methyl sites for hydroxylation is 2. The predicted molar refractivity (Wildman–Crippen MR) is 103 cm³/mol. The van der Waals surface area contributed by atoms with Gasteiger partial charge in [0, 0.05) is 17.9 Å². The Morgan fingerprint density at radius 1 is 1.07 bits per heavy atom. The lowest BCUT2D eigenvalue weighted by atomic mass is 10.1. The molecule has 0 atom stereocenters. The number of thioether (sulfide) groups is 1. The topological polar surface area (TPSA) is 38.3 Å². The summed E-state index contributed by atoms with van der Waals surface area (Å²) in [5, 5.41) is 2.96. The van der Waals surface area contributed by atoms with E-state index in [4.69, 9.17) is 0 Å². The molecular weight excluding hydrogens is 375 g/mol. The van der Waals surface area contributed by atoms with Crippen LogP contribution < -0.4 is 10.1 Å². The quantitative estimate of drug-likeness (QED) is 0.568. The highest BCUT2D eigenvalue weighted by atomic mass is 32.2. The van der Waals surface area contributed by atoms with Gasteiger partial charge in [0.15, 0.2) is 0 Å². The molecule has 7 heteroatoms. The molecule has 2 aromatic carbocycles. The minimum atomic E-state index is -4.67. The first kappa shape index (κ1) is 21.2. The van der Waals surface area contributed by atoms with Crippen LogP contribution in [0.1, 0.15) is 29.5 Å². The van der Waals surface area contributed by atoms with Gasteiger partial charge in [-0.1, -0.05) is 30.3 Å². The first-order valence-electron chi connectivity index (χ1n) is 8.53. The van der Waals surface area contributed by atoms with Gasteiger partial charge in [-0.15, -0.1) is 13.2 Å². The zero-order valence-corrected chi connectivity index (χ0v) is 16.0. The Morgan fingerprint density at radius 3 is 2.30 bits per heavy atom. The standard InChI is InChI=1S/C20H22F3NO2S/c1-14-5-3-6-15(2)19(14)24-18(25)7-4-12-27-13-16-8-10-17(11-9-16)26-20(21,22)23/h3,5-6,8-11H,4,7,12-13H2,1-2H3,(H,24,25). The monoisotopic (exact) mass is 397 g/mol. The van der Waals surface area contributed by atoms with Gasteiger partial charge in [0.1, 0.15) is 5.75 Å². The first-order chi connectivity index (χ1) is 12.7. The summed E-state index contributed by atoms with van der Waals surface area (Å²) in [7, 11) is 0. The highest BCUT2D eigenvalue weighted by Crippen LogP contribution is 2.24. The molecule has 0 saturated carbocycles. The number of hydrogen-bond acceptors (Lipinski definition) is 3. The minimum Gasteiger partial charge on any atom is -0.406 e. The number of nitrogens with one attached hydrogen (secondary N) is 1. The average Bonchev–Trinajstić information content (AvgIpc) is 2.58. The molecule has 3 nitrogen and oxygen atoms in total. The van der Waals surface area contributed by atoms with Crippen LogP contribution in [0.15, 0.2) is 42.5 Å². The van der Waals surface area contributed by atoms with Crippen LogP contribution in [-0.4, -0.2) is 18.0 Å². The summed E-state index contributed by atoms with van der Waals surface area (Å²) in [6.45, 7) is 3.92. The Hall–Kier alpha value is -2.15. The number of alkyl halides is 3. The molecule has 1 N–H and O–H groups in total. The fraction of sp³-hybridized carbons (Fsp3) is 0.350. The van der Waals surface area contributed by atoms with Crippen molar-refractivity contribution in [2.45, 2.75) is 38.8 Å². The lowest BCUT2D eigenvalue weighted by Gasteiger charge is -2.11. The molecule has 2 aromatic rings. The minimum absolute atomic E-state index is 0.0124. The molecule has 0 radical (unpaired) electrons. The number of para-hydroxylation sites is 1. The zero-order chi connectivity index (χ0) is 19.9. The van der Waals surface area contributed by atoms with E-state index in [-0.39, 0.29) is 11.7 Å². The molecule has 146 valence electrons. The van der Waals surface area contributed by atoms with Crippen LogP contribution in [0.3, 0.4) is 0 Å². The fourth-order valence-electron chi connectivity index (χ4n) is 2.53. The molecule has 0 fully saturated rings. The van der Waals surface area contributed by atoms with Crippen molar-refractivity contribution < 1.29 is 22.7 Å². The fourth-order valence-corrected chi connectivity index (χ4v) is 3.45.